The van der Waals surface area contributed by atoms with E-state index < -0.39 is 38.5 Å². The molecule has 48 heavy (non-hydrogen) atoms. The Morgan fingerprint density at radius 3 is 1.65 bits per heavy atom. The molecule has 2 saturated carbocycles. The Bertz CT molecular complexity index is 1250. The molecule has 270 valence electrons. The first kappa shape index (κ1) is 44.8. The molecule has 4 N–H and O–H groups in total. The quantitative estimate of drug-likeness (QED) is 0.174. The van der Waals surface area contributed by atoms with Gasteiger partial charge in [-0.25, -0.2) is 0 Å². The lowest BCUT2D eigenvalue weighted by Gasteiger charge is -2.38. The van der Waals surface area contributed by atoms with Crippen LogP contribution >= 0.6 is 32.1 Å². The zero-order valence-corrected chi connectivity index (χ0v) is 32.8. The molecule has 2 aliphatic rings. The SMILES string of the molecule is CC(C)[C@@H]1CC[C@@H](C)C[C@H]1O[P+](=O)CO.CC(C)[C@@H]1CC[C@@H](C)C[C@H]1O[P@](=O)(CO)c1ccccc1.O=[P+](O)c1ccccc1.O=[PH+]O. The number of rotatable bonds is 10. The van der Waals surface area contributed by atoms with E-state index in [-0.39, 0.29) is 18.6 Å². The third-order valence-electron chi connectivity index (χ3n) is 8.91. The Morgan fingerprint density at radius 1 is 0.812 bits per heavy atom. The van der Waals surface area contributed by atoms with E-state index in [2.05, 4.69) is 41.5 Å². The number of aliphatic hydroxyl groups is 2. The summed E-state index contributed by atoms with van der Waals surface area (Å²) in [7, 11) is -8.35. The van der Waals surface area contributed by atoms with Gasteiger partial charge in [0.2, 0.25) is 5.30 Å². The zero-order chi connectivity index (χ0) is 36.3. The zero-order valence-electron chi connectivity index (χ0n) is 29.1. The van der Waals surface area contributed by atoms with E-state index in [1.54, 1.807) is 36.4 Å². The number of benzene rings is 2. The molecule has 0 spiro atoms. The van der Waals surface area contributed by atoms with Gasteiger partial charge in [0.1, 0.15) is 12.5 Å². The molecule has 0 bridgehead atoms. The predicted molar refractivity (Wildman–Crippen MR) is 195 cm³/mol. The summed E-state index contributed by atoms with van der Waals surface area (Å²) in [5.74, 6) is 3.21. The van der Waals surface area contributed by atoms with Crippen molar-refractivity contribution >= 4 is 42.7 Å². The maximum atomic E-state index is 13.1. The number of hydrogen-bond acceptors (Lipinski definition) is 8. The third kappa shape index (κ3) is 16.2. The Morgan fingerprint density at radius 2 is 1.25 bits per heavy atom. The molecule has 10 nitrogen and oxygen atoms in total. The first-order valence-electron chi connectivity index (χ1n) is 16.6. The van der Waals surface area contributed by atoms with Crippen molar-refractivity contribution in [3.05, 3.63) is 60.7 Å². The van der Waals surface area contributed by atoms with Gasteiger partial charge >= 0.3 is 24.7 Å². The molecule has 0 aromatic heterocycles. The Hall–Kier alpha value is -1.27. The van der Waals surface area contributed by atoms with Crippen LogP contribution in [0, 0.1) is 35.5 Å². The van der Waals surface area contributed by atoms with Crippen LogP contribution in [-0.4, -0.2) is 44.9 Å². The summed E-state index contributed by atoms with van der Waals surface area (Å²) in [6.07, 6.45) is 5.88. The Balaban J connectivity index is 0.000000371. The highest BCUT2D eigenvalue weighted by atomic mass is 31.2. The van der Waals surface area contributed by atoms with Crippen molar-refractivity contribution < 1.29 is 47.3 Å². The summed E-state index contributed by atoms with van der Waals surface area (Å²) < 4.78 is 54.7. The van der Waals surface area contributed by atoms with E-state index in [4.69, 9.17) is 28.5 Å². The van der Waals surface area contributed by atoms with Crippen molar-refractivity contribution in [1.29, 1.82) is 0 Å². The summed E-state index contributed by atoms with van der Waals surface area (Å²) in [6, 6.07) is 17.7. The first-order valence-corrected chi connectivity index (χ1v) is 21.8. The van der Waals surface area contributed by atoms with Crippen LogP contribution in [0.4, 0.5) is 0 Å². The minimum atomic E-state index is -3.17. The largest absolute Gasteiger partial charge is 0.546 e. The van der Waals surface area contributed by atoms with Crippen LogP contribution in [0.1, 0.15) is 80.1 Å². The normalized spacial score (nSPS) is 25.7. The molecule has 0 saturated heterocycles. The summed E-state index contributed by atoms with van der Waals surface area (Å²) in [5.41, 5.74) is 0. The maximum Gasteiger partial charge on any atom is 0.546 e. The van der Waals surface area contributed by atoms with Crippen LogP contribution in [0.15, 0.2) is 60.7 Å². The molecule has 0 amide bonds. The third-order valence-corrected chi connectivity index (χ3v) is 12.5. The van der Waals surface area contributed by atoms with Gasteiger partial charge in [-0.15, -0.1) is 4.52 Å². The highest BCUT2D eigenvalue weighted by Crippen LogP contribution is 2.50. The van der Waals surface area contributed by atoms with Crippen LogP contribution in [0.5, 0.6) is 0 Å². The van der Waals surface area contributed by atoms with Crippen LogP contribution in [0.25, 0.3) is 0 Å². The molecule has 0 heterocycles. The minimum absolute atomic E-state index is 0.0214. The molecule has 2 fully saturated rings. The summed E-state index contributed by atoms with van der Waals surface area (Å²) in [5, 5.41) is 19.5. The van der Waals surface area contributed by atoms with Crippen LogP contribution in [0.3, 0.4) is 0 Å². The summed E-state index contributed by atoms with van der Waals surface area (Å²) >= 11 is 0. The van der Waals surface area contributed by atoms with Crippen LogP contribution in [0.2, 0.25) is 0 Å². The van der Waals surface area contributed by atoms with Gasteiger partial charge in [-0.2, -0.15) is 9.79 Å². The number of aliphatic hydroxyl groups excluding tert-OH is 2. The monoisotopic (exact) mass is 749 g/mol. The van der Waals surface area contributed by atoms with Gasteiger partial charge < -0.3 is 14.7 Å². The standard InChI is InChI=1S/C17H27O3P.C11H22O3P.C6H5O2P.HO2P/c1-13(2)16-10-9-14(3)11-17(16)20-21(19,12-18)15-7-5-4-6-8-15;1-8(2)10-5-4-9(3)6-11(10)14-15(13)7-12;7-9(8)6-4-2-1-3-5-6;1-3-2/h4-8,13-14,16-18H,9-12H2,1-3H3;8-12H,4-7H2,1-3H3;1-5H;3H/q;+1;;/p+2/t14-,16+,17-,21-;9-,10+,11-;;/m11../s1. The van der Waals surface area contributed by atoms with E-state index in [9.17, 15) is 18.8 Å². The first-order chi connectivity index (χ1) is 22.7. The van der Waals surface area contributed by atoms with Gasteiger partial charge in [0.05, 0.1) is 6.10 Å². The topological polar surface area (TPSA) is 168 Å². The van der Waals surface area contributed by atoms with Crippen molar-refractivity contribution in [3.8, 4) is 0 Å². The van der Waals surface area contributed by atoms with E-state index in [0.717, 1.165) is 25.7 Å². The van der Waals surface area contributed by atoms with Crippen molar-refractivity contribution in [2.45, 2.75) is 92.3 Å². The van der Waals surface area contributed by atoms with Crippen molar-refractivity contribution in [2.24, 2.45) is 35.5 Å². The fourth-order valence-electron chi connectivity index (χ4n) is 6.26. The van der Waals surface area contributed by atoms with E-state index in [0.29, 0.717) is 46.1 Å². The van der Waals surface area contributed by atoms with Gasteiger partial charge in [0.25, 0.3) is 13.7 Å². The summed E-state index contributed by atoms with van der Waals surface area (Å²) in [4.78, 5) is 15.6. The molecular weight excluding hydrogens is 692 g/mol. The van der Waals surface area contributed by atoms with E-state index >= 15 is 0 Å². The smallest absolute Gasteiger partial charge is 0.386 e. The molecule has 10 atom stereocenters. The number of hydrogen-bond donors (Lipinski definition) is 4. The molecule has 14 heteroatoms. The fraction of sp³-hybridized carbons (Fsp3) is 0.647. The molecule has 4 rings (SSSR count). The molecule has 0 radical (unpaired) electrons. The minimum Gasteiger partial charge on any atom is -0.386 e. The maximum absolute atomic E-state index is 13.1. The second kappa shape index (κ2) is 24.0. The molecule has 0 aliphatic heterocycles. The Kier molecular flexibility index (Phi) is 22.4. The Labute approximate surface area is 290 Å². The lowest BCUT2D eigenvalue weighted by molar-refractivity contribution is 0.0471. The average molecular weight is 750 g/mol. The second-order valence-corrected chi connectivity index (χ2v) is 18.0. The van der Waals surface area contributed by atoms with Gasteiger partial charge in [-0.3, -0.25) is 4.57 Å². The fourth-order valence-corrected chi connectivity index (χ4v) is 8.96. The van der Waals surface area contributed by atoms with Crippen molar-refractivity contribution in [3.63, 3.8) is 0 Å². The summed E-state index contributed by atoms with van der Waals surface area (Å²) in [6.45, 7) is 13.2. The molecular formula is C34H57O10P4+3. The van der Waals surface area contributed by atoms with Gasteiger partial charge in [0, 0.05) is 5.30 Å². The predicted octanol–water partition coefficient (Wildman–Crippen LogP) is 8.14. The molecule has 2 aromatic rings. The lowest BCUT2D eigenvalue weighted by Crippen LogP contribution is -2.34. The lowest BCUT2D eigenvalue weighted by atomic mass is 9.75. The van der Waals surface area contributed by atoms with E-state index in [1.165, 1.54) is 12.8 Å². The highest BCUT2D eigenvalue weighted by molar-refractivity contribution is 7.66. The highest BCUT2D eigenvalue weighted by Gasteiger charge is 2.38. The molecule has 2 aromatic carbocycles. The van der Waals surface area contributed by atoms with E-state index in [1.807, 2.05) is 24.3 Å². The van der Waals surface area contributed by atoms with Crippen molar-refractivity contribution in [1.82, 2.24) is 0 Å². The van der Waals surface area contributed by atoms with Crippen LogP contribution < -0.4 is 10.6 Å². The van der Waals surface area contributed by atoms with Gasteiger partial charge in [-0.05, 0) is 99.2 Å². The average Bonchev–Trinajstić information content (AvgIpc) is 3.06. The molecule has 2 aliphatic carbocycles. The van der Waals surface area contributed by atoms with Gasteiger partial charge in [0.15, 0.2) is 0 Å². The van der Waals surface area contributed by atoms with Gasteiger partial charge in [-0.1, -0.05) is 90.8 Å². The van der Waals surface area contributed by atoms with Crippen LogP contribution in [-0.2, 0) is 27.3 Å². The van der Waals surface area contributed by atoms with Crippen molar-refractivity contribution in [2.75, 3.05) is 12.7 Å². The second-order valence-electron chi connectivity index (χ2n) is 13.3. The molecule has 3 unspecified atom stereocenters.